The van der Waals surface area contributed by atoms with E-state index in [1.165, 1.54) is 24.1 Å². The Kier molecular flexibility index (Phi) is 5.60. The molecule has 2 aromatic heterocycles. The number of rotatable bonds is 5. The zero-order valence-electron chi connectivity index (χ0n) is 17.8. The van der Waals surface area contributed by atoms with Gasteiger partial charge in [0.05, 0.1) is 13.1 Å². The van der Waals surface area contributed by atoms with Crippen LogP contribution in [0.1, 0.15) is 44.0 Å². The average Bonchev–Trinajstić information content (AvgIpc) is 3.10. The van der Waals surface area contributed by atoms with Gasteiger partial charge in [-0.3, -0.25) is 18.8 Å². The van der Waals surface area contributed by atoms with E-state index in [0.29, 0.717) is 35.1 Å². The van der Waals surface area contributed by atoms with Crippen molar-refractivity contribution in [2.45, 2.75) is 51.7 Å². The normalized spacial score (nSPS) is 17.7. The molecule has 1 saturated heterocycles. The molecule has 0 aliphatic carbocycles. The lowest BCUT2D eigenvalue weighted by atomic mass is 10.00. The average molecular weight is 413 g/mol. The van der Waals surface area contributed by atoms with E-state index in [9.17, 15) is 14.0 Å². The first-order valence-electron chi connectivity index (χ1n) is 10.5. The van der Waals surface area contributed by atoms with E-state index in [2.05, 4.69) is 11.8 Å². The van der Waals surface area contributed by atoms with Crippen molar-refractivity contribution >= 4 is 11.2 Å². The first-order valence-corrected chi connectivity index (χ1v) is 10.5. The molecule has 3 heterocycles. The number of nitrogens with zero attached hydrogens (tertiary/aromatic N) is 5. The van der Waals surface area contributed by atoms with Gasteiger partial charge in [0.15, 0.2) is 11.2 Å². The van der Waals surface area contributed by atoms with Crippen molar-refractivity contribution in [2.24, 2.45) is 14.1 Å². The van der Waals surface area contributed by atoms with Crippen molar-refractivity contribution < 1.29 is 4.39 Å². The molecule has 1 aliphatic heterocycles. The molecule has 1 fully saturated rings. The van der Waals surface area contributed by atoms with Crippen LogP contribution < -0.4 is 11.2 Å². The van der Waals surface area contributed by atoms with E-state index < -0.39 is 11.2 Å². The summed E-state index contributed by atoms with van der Waals surface area (Å²) in [6.45, 7) is 3.92. The van der Waals surface area contributed by atoms with Gasteiger partial charge < -0.3 is 4.57 Å². The summed E-state index contributed by atoms with van der Waals surface area (Å²) in [5.41, 5.74) is 0.343. The van der Waals surface area contributed by atoms with Crippen LogP contribution in [0.2, 0.25) is 0 Å². The number of fused-ring (bicyclic) bond motifs is 1. The van der Waals surface area contributed by atoms with Gasteiger partial charge in [-0.05, 0) is 31.9 Å². The molecular weight excluding hydrogens is 385 g/mol. The van der Waals surface area contributed by atoms with Crippen LogP contribution in [-0.4, -0.2) is 36.2 Å². The van der Waals surface area contributed by atoms with Gasteiger partial charge in [-0.1, -0.05) is 31.5 Å². The third-order valence-corrected chi connectivity index (χ3v) is 6.28. The molecule has 0 amide bonds. The third-order valence-electron chi connectivity index (χ3n) is 6.28. The molecule has 7 nitrogen and oxygen atoms in total. The molecular formula is C22H28FN5O2. The maximum Gasteiger partial charge on any atom is 0.332 e. The number of halogens is 1. The Morgan fingerprint density at radius 1 is 1.10 bits per heavy atom. The zero-order chi connectivity index (χ0) is 21.4. The van der Waals surface area contributed by atoms with Crippen LogP contribution in [0, 0.1) is 5.82 Å². The molecule has 0 spiro atoms. The Morgan fingerprint density at radius 3 is 2.60 bits per heavy atom. The standard InChI is InChI=1S/C22H28FN5O2/c1-4-16-10-7-8-12-27(16)14-18-24-20-19(21(29)26(3)22(30)25(20)2)28(18)13-15-9-5-6-11-17(15)23/h5-6,9,11,16H,4,7-8,10,12-14H2,1-3H3/t16-/m1/s1. The van der Waals surface area contributed by atoms with Gasteiger partial charge in [-0.25, -0.2) is 14.2 Å². The summed E-state index contributed by atoms with van der Waals surface area (Å²) >= 11 is 0. The number of aromatic nitrogens is 4. The van der Waals surface area contributed by atoms with Gasteiger partial charge in [0.2, 0.25) is 0 Å². The molecule has 3 aromatic rings. The largest absolute Gasteiger partial charge is 0.332 e. The molecule has 8 heteroatoms. The monoisotopic (exact) mass is 413 g/mol. The SMILES string of the molecule is CC[C@@H]1CCCCN1Cc1nc2c(c(=O)n(C)c(=O)n2C)n1Cc1ccccc1F. The van der Waals surface area contributed by atoms with Crippen molar-refractivity contribution in [1.82, 2.24) is 23.6 Å². The molecule has 0 N–H and O–H groups in total. The molecule has 0 radical (unpaired) electrons. The maximum absolute atomic E-state index is 14.4. The maximum atomic E-state index is 14.4. The topological polar surface area (TPSA) is 65.1 Å². The molecule has 1 aliphatic rings. The summed E-state index contributed by atoms with van der Waals surface area (Å²) in [5, 5.41) is 0. The van der Waals surface area contributed by atoms with Crippen LogP contribution in [0.3, 0.4) is 0 Å². The highest BCUT2D eigenvalue weighted by Gasteiger charge is 2.25. The minimum Gasteiger partial charge on any atom is -0.316 e. The van der Waals surface area contributed by atoms with Crippen LogP contribution in [-0.2, 0) is 27.2 Å². The summed E-state index contributed by atoms with van der Waals surface area (Å²) < 4.78 is 18.7. The Labute approximate surface area is 174 Å². The fourth-order valence-electron chi connectivity index (χ4n) is 4.49. The van der Waals surface area contributed by atoms with E-state index in [1.54, 1.807) is 29.8 Å². The molecule has 30 heavy (non-hydrogen) atoms. The van der Waals surface area contributed by atoms with Gasteiger partial charge in [0.25, 0.3) is 5.56 Å². The fraction of sp³-hybridized carbons (Fsp3) is 0.500. The van der Waals surface area contributed by atoms with Crippen molar-refractivity contribution in [2.75, 3.05) is 6.54 Å². The lowest BCUT2D eigenvalue weighted by molar-refractivity contribution is 0.131. The van der Waals surface area contributed by atoms with Gasteiger partial charge in [-0.15, -0.1) is 0 Å². The molecule has 4 rings (SSSR count). The predicted octanol–water partition coefficient (Wildman–Crippen LogP) is 2.39. The molecule has 1 atom stereocenters. The van der Waals surface area contributed by atoms with Crippen molar-refractivity contribution in [3.63, 3.8) is 0 Å². The molecule has 0 saturated carbocycles. The van der Waals surface area contributed by atoms with Crippen LogP contribution in [0.15, 0.2) is 33.9 Å². The van der Waals surface area contributed by atoms with Crippen LogP contribution in [0.5, 0.6) is 0 Å². The van der Waals surface area contributed by atoms with Crippen LogP contribution in [0.4, 0.5) is 4.39 Å². The molecule has 0 bridgehead atoms. The van der Waals surface area contributed by atoms with Crippen molar-refractivity contribution in [1.29, 1.82) is 0 Å². The number of hydrogen-bond donors (Lipinski definition) is 0. The van der Waals surface area contributed by atoms with Gasteiger partial charge >= 0.3 is 5.69 Å². The minimum atomic E-state index is -0.418. The number of piperidine rings is 1. The Morgan fingerprint density at radius 2 is 1.87 bits per heavy atom. The first-order chi connectivity index (χ1) is 14.4. The number of imidazole rings is 1. The van der Waals surface area contributed by atoms with Gasteiger partial charge in [-0.2, -0.15) is 0 Å². The summed E-state index contributed by atoms with van der Waals surface area (Å²) in [7, 11) is 3.08. The van der Waals surface area contributed by atoms with Crippen molar-refractivity contribution in [3.05, 3.63) is 62.3 Å². The number of likely N-dealkylation sites (tertiary alicyclic amines) is 1. The Bertz CT molecular complexity index is 1190. The van der Waals surface area contributed by atoms with Gasteiger partial charge in [0.1, 0.15) is 11.6 Å². The highest BCUT2D eigenvalue weighted by molar-refractivity contribution is 5.71. The van der Waals surface area contributed by atoms with E-state index >= 15 is 0 Å². The summed E-state index contributed by atoms with van der Waals surface area (Å²) in [6.07, 6.45) is 4.54. The quantitative estimate of drug-likeness (QED) is 0.644. The Balaban J connectivity index is 1.89. The van der Waals surface area contributed by atoms with Crippen LogP contribution >= 0.6 is 0 Å². The van der Waals surface area contributed by atoms with E-state index in [4.69, 9.17) is 4.98 Å². The lowest BCUT2D eigenvalue weighted by Crippen LogP contribution is -2.39. The number of aryl methyl sites for hydroxylation is 1. The van der Waals surface area contributed by atoms with Crippen molar-refractivity contribution in [3.8, 4) is 0 Å². The second-order valence-corrected chi connectivity index (χ2v) is 8.11. The van der Waals surface area contributed by atoms with Crippen LogP contribution in [0.25, 0.3) is 11.2 Å². The molecule has 1 aromatic carbocycles. The first kappa shape index (κ1) is 20.5. The minimum absolute atomic E-state index is 0.191. The summed E-state index contributed by atoms with van der Waals surface area (Å²) in [4.78, 5) is 32.5. The molecule has 0 unspecified atom stereocenters. The number of hydrogen-bond acceptors (Lipinski definition) is 4. The zero-order valence-corrected chi connectivity index (χ0v) is 17.8. The van der Waals surface area contributed by atoms with E-state index in [1.807, 2.05) is 0 Å². The Hall–Kier alpha value is -2.74. The fourth-order valence-corrected chi connectivity index (χ4v) is 4.49. The lowest BCUT2D eigenvalue weighted by Gasteiger charge is -2.34. The highest BCUT2D eigenvalue weighted by atomic mass is 19.1. The van der Waals surface area contributed by atoms with E-state index in [0.717, 1.165) is 30.4 Å². The third kappa shape index (κ3) is 3.49. The smallest absolute Gasteiger partial charge is 0.316 e. The summed E-state index contributed by atoms with van der Waals surface area (Å²) in [5.74, 6) is 0.364. The highest BCUT2D eigenvalue weighted by Crippen LogP contribution is 2.23. The molecule has 160 valence electrons. The van der Waals surface area contributed by atoms with E-state index in [-0.39, 0.29) is 12.4 Å². The second-order valence-electron chi connectivity index (χ2n) is 8.11. The predicted molar refractivity (Wildman–Crippen MR) is 114 cm³/mol. The number of benzene rings is 1. The second kappa shape index (κ2) is 8.18. The van der Waals surface area contributed by atoms with Gasteiger partial charge in [0, 0.05) is 25.7 Å². The summed E-state index contributed by atoms with van der Waals surface area (Å²) in [6, 6.07) is 7.02.